The van der Waals surface area contributed by atoms with Crippen molar-refractivity contribution in [1.29, 1.82) is 0 Å². The van der Waals surface area contributed by atoms with E-state index < -0.39 is 0 Å². The van der Waals surface area contributed by atoms with Crippen LogP contribution in [0.5, 0.6) is 0 Å². The molecule has 2 aliphatic heterocycles. The Morgan fingerprint density at radius 2 is 1.79 bits per heavy atom. The van der Waals surface area contributed by atoms with Crippen LogP contribution < -0.4 is 4.90 Å². The van der Waals surface area contributed by atoms with E-state index in [9.17, 15) is 9.59 Å². The zero-order valence-electron chi connectivity index (χ0n) is 16.1. The van der Waals surface area contributed by atoms with Crippen LogP contribution in [-0.4, -0.2) is 80.6 Å². The summed E-state index contributed by atoms with van der Waals surface area (Å²) in [6.45, 7) is 5.58. The molecule has 0 radical (unpaired) electrons. The number of carbonyl (C=O) groups excluding carboxylic acids is 2. The first kappa shape index (κ1) is 18.4. The molecular formula is C19H25N7O2. The van der Waals surface area contributed by atoms with Gasteiger partial charge in [0.2, 0.25) is 11.8 Å². The van der Waals surface area contributed by atoms with Crippen molar-refractivity contribution in [2.45, 2.75) is 19.8 Å². The summed E-state index contributed by atoms with van der Waals surface area (Å²) in [6, 6.07) is 3.76. The molecule has 2 amide bonds. The first-order valence-corrected chi connectivity index (χ1v) is 9.73. The topological polar surface area (TPSA) is 87.5 Å². The highest BCUT2D eigenvalue weighted by Gasteiger charge is 2.32. The summed E-state index contributed by atoms with van der Waals surface area (Å²) in [6.07, 6.45) is 6.93. The molecule has 28 heavy (non-hydrogen) atoms. The van der Waals surface area contributed by atoms with Crippen molar-refractivity contribution in [2.75, 3.05) is 44.2 Å². The van der Waals surface area contributed by atoms with E-state index >= 15 is 0 Å². The average Bonchev–Trinajstić information content (AvgIpc) is 3.28. The van der Waals surface area contributed by atoms with Crippen LogP contribution in [0.15, 0.2) is 30.9 Å². The standard InChI is InChI=1S/C19H25N7O2/c1-15(27)23-8-10-24(11-9-23)19(28)16-4-2-6-25(13-16)17-12-18(21-14-20-17)26-7-3-5-22-26/h3,5,7,12,14,16H,2,4,6,8-11,13H2,1H3. The van der Waals surface area contributed by atoms with Gasteiger partial charge in [0, 0.05) is 64.7 Å². The number of amides is 2. The van der Waals surface area contributed by atoms with Gasteiger partial charge >= 0.3 is 0 Å². The predicted octanol–water partition coefficient (Wildman–Crippen LogP) is 0.569. The fourth-order valence-corrected chi connectivity index (χ4v) is 3.93. The van der Waals surface area contributed by atoms with Gasteiger partial charge in [-0.25, -0.2) is 14.6 Å². The molecule has 4 rings (SSSR count). The SMILES string of the molecule is CC(=O)N1CCN(C(=O)C2CCCN(c3cc(-n4cccn4)ncn3)C2)CC1. The van der Waals surface area contributed by atoms with E-state index in [0.29, 0.717) is 38.5 Å². The molecule has 9 nitrogen and oxygen atoms in total. The van der Waals surface area contributed by atoms with Gasteiger partial charge in [-0.1, -0.05) is 0 Å². The first-order chi connectivity index (χ1) is 13.6. The Morgan fingerprint density at radius 3 is 2.50 bits per heavy atom. The maximum absolute atomic E-state index is 13.0. The van der Waals surface area contributed by atoms with Gasteiger partial charge in [0.05, 0.1) is 5.92 Å². The zero-order chi connectivity index (χ0) is 19.5. The second-order valence-electron chi connectivity index (χ2n) is 7.30. The largest absolute Gasteiger partial charge is 0.356 e. The molecule has 1 unspecified atom stereocenters. The monoisotopic (exact) mass is 383 g/mol. The third-order valence-electron chi connectivity index (χ3n) is 5.51. The molecule has 0 saturated carbocycles. The number of carbonyl (C=O) groups is 2. The summed E-state index contributed by atoms with van der Waals surface area (Å²) in [7, 11) is 0. The average molecular weight is 383 g/mol. The zero-order valence-corrected chi connectivity index (χ0v) is 16.1. The molecule has 2 aromatic heterocycles. The first-order valence-electron chi connectivity index (χ1n) is 9.73. The number of aromatic nitrogens is 4. The molecule has 0 spiro atoms. The molecule has 2 fully saturated rings. The summed E-state index contributed by atoms with van der Waals surface area (Å²) in [5.41, 5.74) is 0. The molecule has 4 heterocycles. The fraction of sp³-hybridized carbons (Fsp3) is 0.526. The van der Waals surface area contributed by atoms with Gasteiger partial charge in [0.25, 0.3) is 0 Å². The Morgan fingerprint density at radius 1 is 1.04 bits per heavy atom. The number of nitrogens with zero attached hydrogens (tertiary/aromatic N) is 7. The number of hydrogen-bond donors (Lipinski definition) is 0. The van der Waals surface area contributed by atoms with Gasteiger partial charge in [0.15, 0.2) is 5.82 Å². The van der Waals surface area contributed by atoms with E-state index in [1.807, 2.05) is 23.2 Å². The molecule has 0 aliphatic carbocycles. The molecular weight excluding hydrogens is 358 g/mol. The summed E-state index contributed by atoms with van der Waals surface area (Å²) in [5, 5.41) is 4.21. The molecule has 148 valence electrons. The van der Waals surface area contributed by atoms with Gasteiger partial charge in [-0.05, 0) is 18.9 Å². The van der Waals surface area contributed by atoms with Crippen molar-refractivity contribution in [3.05, 3.63) is 30.9 Å². The van der Waals surface area contributed by atoms with Gasteiger partial charge in [-0.3, -0.25) is 9.59 Å². The fourth-order valence-electron chi connectivity index (χ4n) is 3.93. The molecule has 2 aliphatic rings. The van der Waals surface area contributed by atoms with Crippen molar-refractivity contribution in [3.8, 4) is 5.82 Å². The summed E-state index contributed by atoms with van der Waals surface area (Å²) in [4.78, 5) is 39.1. The van der Waals surface area contributed by atoms with Crippen LogP contribution in [0.3, 0.4) is 0 Å². The molecule has 0 N–H and O–H groups in total. The molecule has 9 heteroatoms. The van der Waals surface area contributed by atoms with E-state index in [0.717, 1.165) is 25.2 Å². The van der Waals surface area contributed by atoms with Crippen molar-refractivity contribution < 1.29 is 9.59 Å². The summed E-state index contributed by atoms with van der Waals surface area (Å²) >= 11 is 0. The molecule has 2 saturated heterocycles. The van der Waals surface area contributed by atoms with Gasteiger partial charge in [0.1, 0.15) is 12.1 Å². The minimum atomic E-state index is -0.0410. The lowest BCUT2D eigenvalue weighted by molar-refractivity contribution is -0.141. The van der Waals surface area contributed by atoms with Gasteiger partial charge in [-0.2, -0.15) is 5.10 Å². The van der Waals surface area contributed by atoms with E-state index in [1.165, 1.54) is 0 Å². The number of hydrogen-bond acceptors (Lipinski definition) is 6. The summed E-state index contributed by atoms with van der Waals surface area (Å²) in [5.74, 6) is 1.76. The van der Waals surface area contributed by atoms with Crippen LogP contribution in [0.4, 0.5) is 5.82 Å². The minimum Gasteiger partial charge on any atom is -0.356 e. The number of piperidine rings is 1. The Bertz CT molecular complexity index is 831. The lowest BCUT2D eigenvalue weighted by atomic mass is 9.96. The summed E-state index contributed by atoms with van der Waals surface area (Å²) < 4.78 is 1.70. The minimum absolute atomic E-state index is 0.0410. The van der Waals surface area contributed by atoms with Crippen LogP contribution >= 0.6 is 0 Å². The molecule has 0 bridgehead atoms. The van der Waals surface area contributed by atoms with E-state index in [-0.39, 0.29) is 17.7 Å². The second-order valence-corrected chi connectivity index (χ2v) is 7.30. The lowest BCUT2D eigenvalue weighted by Gasteiger charge is -2.39. The highest BCUT2D eigenvalue weighted by Crippen LogP contribution is 2.24. The Labute approximate surface area is 164 Å². The Kier molecular flexibility index (Phi) is 5.23. The van der Waals surface area contributed by atoms with E-state index in [1.54, 1.807) is 29.0 Å². The maximum atomic E-state index is 13.0. The molecule has 1 atom stereocenters. The predicted molar refractivity (Wildman–Crippen MR) is 103 cm³/mol. The Balaban J connectivity index is 1.41. The third kappa shape index (κ3) is 3.83. The number of piperazine rings is 1. The van der Waals surface area contributed by atoms with Crippen molar-refractivity contribution >= 4 is 17.6 Å². The third-order valence-corrected chi connectivity index (χ3v) is 5.51. The van der Waals surface area contributed by atoms with Crippen LogP contribution in [0.25, 0.3) is 5.82 Å². The van der Waals surface area contributed by atoms with Gasteiger partial charge in [-0.15, -0.1) is 0 Å². The van der Waals surface area contributed by atoms with Crippen LogP contribution in [0.2, 0.25) is 0 Å². The van der Waals surface area contributed by atoms with Crippen molar-refractivity contribution in [2.24, 2.45) is 5.92 Å². The number of rotatable bonds is 3. The highest BCUT2D eigenvalue weighted by molar-refractivity contribution is 5.80. The van der Waals surface area contributed by atoms with Gasteiger partial charge < -0.3 is 14.7 Å². The number of anilines is 1. The van der Waals surface area contributed by atoms with Crippen LogP contribution in [0, 0.1) is 5.92 Å². The normalized spacial score (nSPS) is 20.3. The van der Waals surface area contributed by atoms with E-state index in [4.69, 9.17) is 0 Å². The maximum Gasteiger partial charge on any atom is 0.227 e. The lowest BCUT2D eigenvalue weighted by Crippen LogP contribution is -2.53. The quantitative estimate of drug-likeness (QED) is 0.770. The Hall–Kier alpha value is -2.97. The van der Waals surface area contributed by atoms with Crippen molar-refractivity contribution in [3.63, 3.8) is 0 Å². The highest BCUT2D eigenvalue weighted by atomic mass is 16.2. The van der Waals surface area contributed by atoms with E-state index in [2.05, 4.69) is 20.0 Å². The van der Waals surface area contributed by atoms with Crippen LogP contribution in [-0.2, 0) is 9.59 Å². The van der Waals surface area contributed by atoms with Crippen molar-refractivity contribution in [1.82, 2.24) is 29.5 Å². The smallest absolute Gasteiger partial charge is 0.227 e. The molecule has 2 aromatic rings. The van der Waals surface area contributed by atoms with Crippen LogP contribution in [0.1, 0.15) is 19.8 Å². The molecule has 0 aromatic carbocycles. The second kappa shape index (κ2) is 7.95.